The molecule has 0 aliphatic carbocycles. The zero-order chi connectivity index (χ0) is 12.5. The number of esters is 1. The van der Waals surface area contributed by atoms with Gasteiger partial charge >= 0.3 is 5.97 Å². The molecule has 0 N–H and O–H groups in total. The molecule has 0 radical (unpaired) electrons. The Morgan fingerprint density at radius 2 is 2.12 bits per heavy atom. The van der Waals surface area contributed by atoms with Gasteiger partial charge in [0.15, 0.2) is 5.54 Å². The van der Waals surface area contributed by atoms with Crippen molar-refractivity contribution in [3.05, 3.63) is 48.3 Å². The lowest BCUT2D eigenvalue weighted by Gasteiger charge is -2.13. The average Bonchev–Trinajstić information content (AvgIpc) is 2.55. The van der Waals surface area contributed by atoms with Gasteiger partial charge in [0.25, 0.3) is 0 Å². The first-order valence-electron chi connectivity index (χ1n) is 5.22. The van der Waals surface area contributed by atoms with Crippen molar-refractivity contribution in [2.75, 3.05) is 0 Å². The highest BCUT2D eigenvalue weighted by Crippen LogP contribution is 2.29. The van der Waals surface area contributed by atoms with Gasteiger partial charge in [-0.1, -0.05) is 24.8 Å². The quantitative estimate of drug-likeness (QED) is 0.753. The third-order valence-corrected chi connectivity index (χ3v) is 2.53. The van der Waals surface area contributed by atoms with Crippen LogP contribution in [0.1, 0.15) is 18.9 Å². The summed E-state index contributed by atoms with van der Waals surface area (Å²) in [7, 11) is 0. The van der Waals surface area contributed by atoms with E-state index in [4.69, 9.17) is 4.74 Å². The van der Waals surface area contributed by atoms with E-state index in [0.29, 0.717) is 5.56 Å². The third kappa shape index (κ3) is 2.25. The van der Waals surface area contributed by atoms with Gasteiger partial charge < -0.3 is 4.74 Å². The molecule has 1 aliphatic heterocycles. The summed E-state index contributed by atoms with van der Waals surface area (Å²) in [6.07, 6.45) is -0.151. The molecule has 1 atom stereocenters. The first-order valence-corrected chi connectivity index (χ1v) is 5.22. The number of nitrogens with zero attached hydrogens (tertiary/aromatic N) is 1. The number of hydrogen-bond donors (Lipinski definition) is 0. The van der Waals surface area contributed by atoms with Crippen molar-refractivity contribution in [3.8, 4) is 0 Å². The summed E-state index contributed by atoms with van der Waals surface area (Å²) < 4.78 is 17.9. The van der Waals surface area contributed by atoms with E-state index in [1.54, 1.807) is 12.1 Å². The number of carbonyl (C=O) groups is 1. The fourth-order valence-corrected chi connectivity index (χ4v) is 1.68. The molecule has 0 fully saturated rings. The summed E-state index contributed by atoms with van der Waals surface area (Å²) in [4.78, 5) is 15.8. The highest BCUT2D eigenvalue weighted by Gasteiger charge is 2.42. The fraction of sp³-hybridized carbons (Fsp3) is 0.231. The molecule has 2 rings (SSSR count). The van der Waals surface area contributed by atoms with E-state index in [1.165, 1.54) is 6.92 Å². The van der Waals surface area contributed by atoms with Crippen LogP contribution in [0.5, 0.6) is 0 Å². The lowest BCUT2D eigenvalue weighted by molar-refractivity contribution is -0.138. The highest BCUT2D eigenvalue weighted by molar-refractivity contribution is 6.07. The predicted molar refractivity (Wildman–Crippen MR) is 62.3 cm³/mol. The molecule has 0 spiro atoms. The van der Waals surface area contributed by atoms with Gasteiger partial charge in [0, 0.05) is 12.0 Å². The van der Waals surface area contributed by atoms with E-state index < -0.39 is 17.3 Å². The first-order chi connectivity index (χ1) is 8.01. The third-order valence-electron chi connectivity index (χ3n) is 2.53. The van der Waals surface area contributed by atoms with Crippen molar-refractivity contribution in [1.82, 2.24) is 0 Å². The van der Waals surface area contributed by atoms with Crippen LogP contribution in [0, 0.1) is 0 Å². The number of ether oxygens (including phenoxy) is 1. The van der Waals surface area contributed by atoms with Crippen LogP contribution in [0.3, 0.4) is 0 Å². The lowest BCUT2D eigenvalue weighted by Crippen LogP contribution is -2.29. The molecule has 1 aromatic carbocycles. The second-order valence-corrected chi connectivity index (χ2v) is 4.14. The number of carbonyl (C=O) groups excluding carboxylic acids is 1. The molecule has 1 aromatic rings. The van der Waals surface area contributed by atoms with E-state index in [1.807, 2.05) is 18.2 Å². The van der Waals surface area contributed by atoms with Gasteiger partial charge in [0.2, 0.25) is 5.90 Å². The molecule has 88 valence electrons. The molecule has 4 heteroatoms. The number of aliphatic imine (C=N–C) groups is 1. The summed E-state index contributed by atoms with van der Waals surface area (Å²) in [5.74, 6) is -0.892. The van der Waals surface area contributed by atoms with Crippen LogP contribution in [0.15, 0.2) is 47.7 Å². The molecule has 1 aliphatic rings. The van der Waals surface area contributed by atoms with Gasteiger partial charge in [-0.25, -0.2) is 14.2 Å². The van der Waals surface area contributed by atoms with Crippen molar-refractivity contribution >= 4 is 11.9 Å². The van der Waals surface area contributed by atoms with E-state index in [9.17, 15) is 9.18 Å². The Hall–Kier alpha value is -1.97. The smallest absolute Gasteiger partial charge is 0.341 e. The molecule has 1 unspecified atom stereocenters. The predicted octanol–water partition coefficient (Wildman–Crippen LogP) is 2.62. The van der Waals surface area contributed by atoms with Gasteiger partial charge in [-0.05, 0) is 19.1 Å². The molecule has 17 heavy (non-hydrogen) atoms. The second kappa shape index (κ2) is 4.13. The molecular formula is C13H12FNO2. The minimum Gasteiger partial charge on any atom is -0.405 e. The zero-order valence-electron chi connectivity index (χ0n) is 9.44. The molecule has 0 aromatic heterocycles. The fourth-order valence-electron chi connectivity index (χ4n) is 1.68. The summed E-state index contributed by atoms with van der Waals surface area (Å²) in [6.45, 7) is 4.69. The minimum atomic E-state index is -1.20. The summed E-state index contributed by atoms with van der Waals surface area (Å²) in [6, 6.07) is 9.04. The van der Waals surface area contributed by atoms with Crippen LogP contribution in [0.4, 0.5) is 4.39 Å². The van der Waals surface area contributed by atoms with Crippen LogP contribution in [0.2, 0.25) is 0 Å². The van der Waals surface area contributed by atoms with Gasteiger partial charge in [-0.3, -0.25) is 0 Å². The maximum Gasteiger partial charge on any atom is 0.341 e. The van der Waals surface area contributed by atoms with Crippen LogP contribution >= 0.6 is 0 Å². The lowest BCUT2D eigenvalue weighted by atomic mass is 9.99. The number of halogens is 1. The molecular weight excluding hydrogens is 221 g/mol. The summed E-state index contributed by atoms with van der Waals surface area (Å²) >= 11 is 0. The van der Waals surface area contributed by atoms with E-state index in [-0.39, 0.29) is 12.3 Å². The number of benzene rings is 1. The zero-order valence-corrected chi connectivity index (χ0v) is 9.44. The average molecular weight is 233 g/mol. The van der Waals surface area contributed by atoms with Crippen LogP contribution < -0.4 is 0 Å². The molecule has 0 bridgehead atoms. The monoisotopic (exact) mass is 233 g/mol. The standard InChI is InChI=1S/C13H12FNO2/c1-9(14)8-13(2)12(16)17-11(15-13)10-6-4-3-5-7-10/h3-7H,1,8H2,2H3. The molecule has 3 nitrogen and oxygen atoms in total. The van der Waals surface area contributed by atoms with Crippen LogP contribution in [0.25, 0.3) is 0 Å². The number of rotatable bonds is 3. The van der Waals surface area contributed by atoms with Crippen molar-refractivity contribution in [2.45, 2.75) is 18.9 Å². The van der Waals surface area contributed by atoms with E-state index >= 15 is 0 Å². The van der Waals surface area contributed by atoms with Gasteiger partial charge in [-0.2, -0.15) is 0 Å². The SMILES string of the molecule is C=C(F)CC1(C)N=C(c2ccccc2)OC1=O. The first kappa shape index (κ1) is 11.5. The van der Waals surface area contributed by atoms with Crippen molar-refractivity contribution in [2.24, 2.45) is 4.99 Å². The highest BCUT2D eigenvalue weighted by atomic mass is 19.1. The van der Waals surface area contributed by atoms with Crippen molar-refractivity contribution in [3.63, 3.8) is 0 Å². The van der Waals surface area contributed by atoms with E-state index in [2.05, 4.69) is 11.6 Å². The maximum absolute atomic E-state index is 12.8. The summed E-state index contributed by atoms with van der Waals surface area (Å²) in [5, 5.41) is 0. The molecule has 0 saturated carbocycles. The maximum atomic E-state index is 12.8. The number of hydrogen-bond acceptors (Lipinski definition) is 3. The van der Waals surface area contributed by atoms with Gasteiger partial charge in [0.1, 0.15) is 0 Å². The van der Waals surface area contributed by atoms with Gasteiger partial charge in [0.05, 0.1) is 5.83 Å². The van der Waals surface area contributed by atoms with Crippen LogP contribution in [-0.2, 0) is 9.53 Å². The Bertz CT molecular complexity index is 495. The minimum absolute atomic E-state index is 0.151. The van der Waals surface area contributed by atoms with Crippen molar-refractivity contribution < 1.29 is 13.9 Å². The Kier molecular flexibility index (Phi) is 2.79. The molecule has 1 heterocycles. The Morgan fingerprint density at radius 1 is 1.47 bits per heavy atom. The van der Waals surface area contributed by atoms with Crippen LogP contribution in [-0.4, -0.2) is 17.4 Å². The Labute approximate surface area is 98.6 Å². The van der Waals surface area contributed by atoms with E-state index in [0.717, 1.165) is 0 Å². The normalized spacial score (nSPS) is 23.2. The van der Waals surface area contributed by atoms with Crippen molar-refractivity contribution in [1.29, 1.82) is 0 Å². The molecule has 0 amide bonds. The van der Waals surface area contributed by atoms with Gasteiger partial charge in [-0.15, -0.1) is 0 Å². The second-order valence-electron chi connectivity index (χ2n) is 4.14. The molecule has 0 saturated heterocycles. The Balaban J connectivity index is 2.31. The largest absolute Gasteiger partial charge is 0.405 e. The number of cyclic esters (lactones) is 1. The Morgan fingerprint density at radius 3 is 2.71 bits per heavy atom. The summed E-state index contributed by atoms with van der Waals surface area (Å²) in [5.41, 5.74) is -0.495. The topological polar surface area (TPSA) is 38.7 Å².